The average molecular weight is 254 g/mol. The van der Waals surface area contributed by atoms with Gasteiger partial charge >= 0.3 is 0 Å². The van der Waals surface area contributed by atoms with Gasteiger partial charge in [0.15, 0.2) is 0 Å². The van der Waals surface area contributed by atoms with Gasteiger partial charge in [-0.2, -0.15) is 0 Å². The van der Waals surface area contributed by atoms with E-state index in [-0.39, 0.29) is 0 Å². The van der Waals surface area contributed by atoms with Gasteiger partial charge in [0.2, 0.25) is 5.96 Å². The van der Waals surface area contributed by atoms with Gasteiger partial charge in [-0.25, -0.2) is 5.84 Å². The predicted octanol–water partition coefficient (Wildman–Crippen LogP) is 2.41. The summed E-state index contributed by atoms with van der Waals surface area (Å²) < 4.78 is 0. The number of hydrogen-bond donors (Lipinski definition) is 3. The van der Waals surface area contributed by atoms with Crippen LogP contribution in [-0.2, 0) is 0 Å². The molecule has 0 atom stereocenters. The Bertz CT molecular complexity index is 265. The van der Waals surface area contributed by atoms with Crippen molar-refractivity contribution >= 4 is 5.96 Å². The largest absolute Gasteiger partial charge is 0.353 e. The number of nitrogens with zero attached hydrogens (tertiary/aromatic N) is 1. The molecule has 0 aromatic carbocycles. The molecular formula is C14H30N4. The maximum absolute atomic E-state index is 5.51. The highest BCUT2D eigenvalue weighted by molar-refractivity contribution is 5.79. The summed E-state index contributed by atoms with van der Waals surface area (Å²) in [7, 11) is 0. The van der Waals surface area contributed by atoms with Gasteiger partial charge in [-0.3, -0.25) is 10.4 Å². The summed E-state index contributed by atoms with van der Waals surface area (Å²) in [5.74, 6) is 6.97. The van der Waals surface area contributed by atoms with E-state index in [1.54, 1.807) is 0 Å². The summed E-state index contributed by atoms with van der Waals surface area (Å²) >= 11 is 0. The number of aliphatic imine (C=N–C) groups is 1. The van der Waals surface area contributed by atoms with Gasteiger partial charge in [0.05, 0.1) is 0 Å². The third kappa shape index (κ3) is 4.84. The van der Waals surface area contributed by atoms with E-state index in [0.29, 0.717) is 11.5 Å². The van der Waals surface area contributed by atoms with Crippen LogP contribution in [0.3, 0.4) is 0 Å². The predicted molar refractivity (Wildman–Crippen MR) is 78.3 cm³/mol. The third-order valence-electron chi connectivity index (χ3n) is 3.64. The molecule has 18 heavy (non-hydrogen) atoms. The minimum atomic E-state index is 0.351. The Morgan fingerprint density at radius 3 is 2.28 bits per heavy atom. The number of guanidine groups is 1. The molecule has 4 heteroatoms. The van der Waals surface area contributed by atoms with Gasteiger partial charge in [0.25, 0.3) is 0 Å². The lowest BCUT2D eigenvalue weighted by atomic mass is 9.78. The summed E-state index contributed by atoms with van der Waals surface area (Å²) in [6, 6.07) is 0.351. The van der Waals surface area contributed by atoms with Crippen molar-refractivity contribution in [2.24, 2.45) is 22.2 Å². The van der Waals surface area contributed by atoms with E-state index in [1.165, 1.54) is 32.1 Å². The van der Waals surface area contributed by atoms with Crippen LogP contribution in [0.2, 0.25) is 0 Å². The monoisotopic (exact) mass is 254 g/mol. The quantitative estimate of drug-likeness (QED) is 0.305. The molecule has 0 aromatic rings. The van der Waals surface area contributed by atoms with Gasteiger partial charge in [-0.15, -0.1) is 0 Å². The first-order valence-corrected chi connectivity index (χ1v) is 7.25. The van der Waals surface area contributed by atoms with Crippen LogP contribution in [0.5, 0.6) is 0 Å². The van der Waals surface area contributed by atoms with Crippen LogP contribution in [-0.4, -0.2) is 18.5 Å². The maximum atomic E-state index is 5.51. The zero-order valence-electron chi connectivity index (χ0n) is 12.4. The second-order valence-corrected chi connectivity index (χ2v) is 6.41. The molecule has 0 spiro atoms. The highest BCUT2D eigenvalue weighted by atomic mass is 15.3. The van der Waals surface area contributed by atoms with Gasteiger partial charge in [-0.1, -0.05) is 26.7 Å². The fraction of sp³-hybridized carbons (Fsp3) is 0.929. The first kappa shape index (κ1) is 15.3. The van der Waals surface area contributed by atoms with E-state index >= 15 is 0 Å². The molecule has 0 radical (unpaired) electrons. The Morgan fingerprint density at radius 1 is 1.22 bits per heavy atom. The summed E-state index contributed by atoms with van der Waals surface area (Å²) in [6.07, 6.45) is 6.61. The van der Waals surface area contributed by atoms with Crippen molar-refractivity contribution in [3.8, 4) is 0 Å². The van der Waals surface area contributed by atoms with Crippen molar-refractivity contribution in [3.05, 3.63) is 0 Å². The first-order chi connectivity index (χ1) is 8.47. The Hall–Kier alpha value is -0.770. The normalized spacial score (nSPS) is 19.6. The molecule has 4 nitrogen and oxygen atoms in total. The van der Waals surface area contributed by atoms with Crippen molar-refractivity contribution in [2.45, 2.75) is 65.8 Å². The zero-order chi connectivity index (χ0) is 13.6. The molecule has 0 amide bonds. The number of hydrazine groups is 1. The number of nitrogens with two attached hydrogens (primary N) is 1. The summed E-state index contributed by atoms with van der Waals surface area (Å²) in [6.45, 7) is 9.68. The zero-order valence-corrected chi connectivity index (χ0v) is 12.4. The lowest BCUT2D eigenvalue weighted by molar-refractivity contribution is 0.245. The molecule has 1 aliphatic carbocycles. The van der Waals surface area contributed by atoms with E-state index in [1.807, 2.05) is 0 Å². The molecule has 0 saturated heterocycles. The molecule has 0 bridgehead atoms. The number of hydrogen-bond acceptors (Lipinski definition) is 2. The summed E-state index contributed by atoms with van der Waals surface area (Å²) in [5.41, 5.74) is 3.08. The molecular weight excluding hydrogens is 224 g/mol. The minimum absolute atomic E-state index is 0.351. The van der Waals surface area contributed by atoms with Crippen molar-refractivity contribution in [2.75, 3.05) is 6.54 Å². The summed E-state index contributed by atoms with van der Waals surface area (Å²) in [5, 5.41) is 3.24. The van der Waals surface area contributed by atoms with Gasteiger partial charge < -0.3 is 5.32 Å². The first-order valence-electron chi connectivity index (χ1n) is 7.25. The fourth-order valence-corrected chi connectivity index (χ4v) is 3.07. The topological polar surface area (TPSA) is 62.4 Å². The lowest BCUT2D eigenvalue weighted by Gasteiger charge is -2.29. The third-order valence-corrected chi connectivity index (χ3v) is 3.64. The Kier molecular flexibility index (Phi) is 5.93. The van der Waals surface area contributed by atoms with E-state index < -0.39 is 0 Å². The second-order valence-electron chi connectivity index (χ2n) is 6.41. The van der Waals surface area contributed by atoms with Crippen LogP contribution in [0.25, 0.3) is 0 Å². The smallest absolute Gasteiger partial charge is 0.205 e. The number of nitrogens with one attached hydrogen (secondary N) is 2. The van der Waals surface area contributed by atoms with Crippen LogP contribution in [0, 0.1) is 11.3 Å². The average Bonchev–Trinajstić information content (AvgIpc) is 2.71. The maximum Gasteiger partial charge on any atom is 0.205 e. The van der Waals surface area contributed by atoms with Crippen molar-refractivity contribution in [1.82, 2.24) is 10.7 Å². The minimum Gasteiger partial charge on any atom is -0.353 e. The molecule has 0 heterocycles. The van der Waals surface area contributed by atoms with Crippen LogP contribution in [0.15, 0.2) is 4.99 Å². The molecule has 1 rings (SSSR count). The number of rotatable bonds is 5. The van der Waals surface area contributed by atoms with Crippen LogP contribution in [0.4, 0.5) is 0 Å². The van der Waals surface area contributed by atoms with Crippen LogP contribution in [0.1, 0.15) is 59.8 Å². The Balaban J connectivity index is 2.62. The van der Waals surface area contributed by atoms with E-state index in [0.717, 1.165) is 18.4 Å². The molecule has 4 N–H and O–H groups in total. The molecule has 1 fully saturated rings. The highest BCUT2D eigenvalue weighted by Gasteiger charge is 2.34. The molecule has 1 saturated carbocycles. The van der Waals surface area contributed by atoms with E-state index in [9.17, 15) is 0 Å². The van der Waals surface area contributed by atoms with Gasteiger partial charge in [-0.05, 0) is 44.4 Å². The second kappa shape index (κ2) is 6.98. The van der Waals surface area contributed by atoms with Crippen LogP contribution < -0.4 is 16.6 Å². The van der Waals surface area contributed by atoms with Crippen molar-refractivity contribution in [3.63, 3.8) is 0 Å². The lowest BCUT2D eigenvalue weighted by Crippen LogP contribution is -2.45. The van der Waals surface area contributed by atoms with E-state index in [2.05, 4.69) is 43.4 Å². The van der Waals surface area contributed by atoms with E-state index in [4.69, 9.17) is 5.84 Å². The highest BCUT2D eigenvalue weighted by Crippen LogP contribution is 2.43. The molecule has 0 aliphatic heterocycles. The van der Waals surface area contributed by atoms with Crippen molar-refractivity contribution < 1.29 is 0 Å². The molecule has 0 aromatic heterocycles. The fourth-order valence-electron chi connectivity index (χ4n) is 3.07. The molecule has 0 unspecified atom stereocenters. The Labute approximate surface area is 112 Å². The summed E-state index contributed by atoms with van der Waals surface area (Å²) in [4.78, 5) is 4.66. The molecule has 1 aliphatic rings. The van der Waals surface area contributed by atoms with Crippen molar-refractivity contribution in [1.29, 1.82) is 0 Å². The van der Waals surface area contributed by atoms with Gasteiger partial charge in [0, 0.05) is 12.6 Å². The SMILES string of the molecule is CC(C)CC1(CN=C(NN)NC(C)C)CCCC1. The standard InChI is InChI=1S/C14H30N4/c1-11(2)9-14(7-5-6-8-14)10-16-13(18-15)17-12(3)4/h11-12H,5-10,15H2,1-4H3,(H2,16,17,18). The molecule has 106 valence electrons. The van der Waals surface area contributed by atoms with Crippen LogP contribution >= 0.6 is 0 Å². The Morgan fingerprint density at radius 2 is 1.83 bits per heavy atom. The van der Waals surface area contributed by atoms with Gasteiger partial charge in [0.1, 0.15) is 0 Å².